The van der Waals surface area contributed by atoms with Gasteiger partial charge in [0.25, 0.3) is 0 Å². The van der Waals surface area contributed by atoms with E-state index in [1.54, 1.807) is 0 Å². The standard InChI is InChI=1S/C11H17.Na.H/c1-2-3-4-5-8-11-9-6-7-10-11;;/h6-7,9-10H,2-5,8H2,1H3;;. The van der Waals surface area contributed by atoms with Gasteiger partial charge in [-0.15, -0.1) is 0 Å². The van der Waals surface area contributed by atoms with Crippen LogP contribution < -0.4 is 0 Å². The number of hydrogen-bond donors (Lipinski definition) is 0. The Bertz CT molecular complexity index is 135. The molecule has 1 aliphatic carbocycles. The Morgan fingerprint density at radius 3 is 2.25 bits per heavy atom. The number of allylic oxidation sites excluding steroid dienone is 4. The Kier molecular flexibility index (Phi) is 8.42. The number of unbranched alkanes of at least 4 members (excludes halogenated alkanes) is 3. The molecular weight excluding hydrogens is 155 g/mol. The second-order valence-electron chi connectivity index (χ2n) is 3.10. The molecule has 0 N–H and O–H groups in total. The Labute approximate surface area is 98.4 Å². The van der Waals surface area contributed by atoms with E-state index in [0.29, 0.717) is 0 Å². The fraction of sp³-hybridized carbons (Fsp3) is 0.545. The summed E-state index contributed by atoms with van der Waals surface area (Å²) in [6, 6.07) is 0. The van der Waals surface area contributed by atoms with E-state index in [-0.39, 0.29) is 29.6 Å². The summed E-state index contributed by atoms with van der Waals surface area (Å²) in [7, 11) is 0. The second-order valence-corrected chi connectivity index (χ2v) is 3.10. The van der Waals surface area contributed by atoms with Crippen molar-refractivity contribution in [2.45, 2.75) is 39.0 Å². The van der Waals surface area contributed by atoms with Crippen molar-refractivity contribution < 1.29 is 0 Å². The average Bonchev–Trinajstić information content (AvgIpc) is 2.50. The molecule has 0 atom stereocenters. The van der Waals surface area contributed by atoms with E-state index < -0.39 is 0 Å². The molecule has 0 bridgehead atoms. The Balaban J connectivity index is 0.00000121. The third-order valence-electron chi connectivity index (χ3n) is 2.05. The Morgan fingerprint density at radius 1 is 1.00 bits per heavy atom. The molecule has 0 aromatic carbocycles. The fourth-order valence-electron chi connectivity index (χ4n) is 1.34. The molecule has 0 saturated carbocycles. The van der Waals surface area contributed by atoms with Gasteiger partial charge in [0, 0.05) is 5.92 Å². The number of hydrogen-bond acceptors (Lipinski definition) is 0. The molecule has 0 heterocycles. The summed E-state index contributed by atoms with van der Waals surface area (Å²) in [4.78, 5) is 0. The summed E-state index contributed by atoms with van der Waals surface area (Å²) in [5.41, 5.74) is 0. The van der Waals surface area contributed by atoms with Crippen molar-refractivity contribution in [3.05, 3.63) is 30.2 Å². The van der Waals surface area contributed by atoms with E-state index in [1.165, 1.54) is 38.0 Å². The van der Waals surface area contributed by atoms with Crippen LogP contribution in [0.1, 0.15) is 39.0 Å². The van der Waals surface area contributed by atoms with Gasteiger partial charge in [0.2, 0.25) is 0 Å². The monoisotopic (exact) mass is 173 g/mol. The zero-order chi connectivity index (χ0) is 7.94. The molecule has 0 saturated heterocycles. The van der Waals surface area contributed by atoms with Crippen LogP contribution in [0.3, 0.4) is 0 Å². The molecule has 1 aliphatic rings. The summed E-state index contributed by atoms with van der Waals surface area (Å²) in [6.45, 7) is 2.25. The molecule has 63 valence electrons. The van der Waals surface area contributed by atoms with Crippen LogP contribution in [0.15, 0.2) is 24.3 Å². The summed E-state index contributed by atoms with van der Waals surface area (Å²) in [6.07, 6.45) is 15.4. The van der Waals surface area contributed by atoms with Gasteiger partial charge in [0.15, 0.2) is 0 Å². The maximum absolute atomic E-state index is 2.25. The van der Waals surface area contributed by atoms with Gasteiger partial charge < -0.3 is 0 Å². The van der Waals surface area contributed by atoms with Crippen molar-refractivity contribution in [1.82, 2.24) is 0 Å². The van der Waals surface area contributed by atoms with E-state index in [2.05, 4.69) is 31.2 Å². The normalized spacial score (nSPS) is 15.1. The Hall–Kier alpha value is 0.480. The molecule has 0 fully saturated rings. The fourth-order valence-corrected chi connectivity index (χ4v) is 1.34. The zero-order valence-electron chi connectivity index (χ0n) is 7.34. The van der Waals surface area contributed by atoms with Crippen molar-refractivity contribution >= 4 is 29.6 Å². The molecule has 1 radical (unpaired) electrons. The average molecular weight is 173 g/mol. The molecule has 0 aromatic rings. The van der Waals surface area contributed by atoms with Crippen molar-refractivity contribution in [2.75, 3.05) is 0 Å². The van der Waals surface area contributed by atoms with Gasteiger partial charge >= 0.3 is 29.6 Å². The summed E-state index contributed by atoms with van der Waals surface area (Å²) >= 11 is 0. The molecule has 0 nitrogen and oxygen atoms in total. The van der Waals surface area contributed by atoms with Crippen LogP contribution in [-0.4, -0.2) is 29.6 Å². The molecular formula is C11H18Na. The first-order valence-electron chi connectivity index (χ1n) is 4.64. The van der Waals surface area contributed by atoms with Crippen LogP contribution in [0.4, 0.5) is 0 Å². The maximum atomic E-state index is 2.25. The quantitative estimate of drug-likeness (QED) is 0.443. The molecule has 0 spiro atoms. The second kappa shape index (κ2) is 8.10. The van der Waals surface area contributed by atoms with Gasteiger partial charge in [-0.2, -0.15) is 0 Å². The molecule has 0 amide bonds. The van der Waals surface area contributed by atoms with Crippen LogP contribution in [0.2, 0.25) is 0 Å². The van der Waals surface area contributed by atoms with Crippen LogP contribution in [0.25, 0.3) is 0 Å². The molecule has 0 unspecified atom stereocenters. The van der Waals surface area contributed by atoms with Gasteiger partial charge in [-0.3, -0.25) is 0 Å². The first-order valence-corrected chi connectivity index (χ1v) is 4.64. The minimum absolute atomic E-state index is 0. The predicted octanol–water partition coefficient (Wildman–Crippen LogP) is 3.01. The topological polar surface area (TPSA) is 0 Å². The predicted molar refractivity (Wildman–Crippen MR) is 57.4 cm³/mol. The third-order valence-corrected chi connectivity index (χ3v) is 2.05. The van der Waals surface area contributed by atoms with E-state index in [9.17, 15) is 0 Å². The summed E-state index contributed by atoms with van der Waals surface area (Å²) in [5, 5.41) is 0. The van der Waals surface area contributed by atoms with Crippen LogP contribution in [-0.2, 0) is 0 Å². The minimum atomic E-state index is 0. The SMILES string of the molecule is CCCCCC[C]1C=CC=C1.[NaH]. The Morgan fingerprint density at radius 2 is 1.67 bits per heavy atom. The number of rotatable bonds is 5. The van der Waals surface area contributed by atoms with Crippen molar-refractivity contribution in [3.8, 4) is 0 Å². The van der Waals surface area contributed by atoms with Crippen LogP contribution >= 0.6 is 0 Å². The van der Waals surface area contributed by atoms with E-state index in [1.807, 2.05) is 0 Å². The van der Waals surface area contributed by atoms with Crippen molar-refractivity contribution in [3.63, 3.8) is 0 Å². The van der Waals surface area contributed by atoms with Gasteiger partial charge in [0.1, 0.15) is 0 Å². The third kappa shape index (κ3) is 5.18. The van der Waals surface area contributed by atoms with Gasteiger partial charge in [-0.1, -0.05) is 56.9 Å². The van der Waals surface area contributed by atoms with E-state index >= 15 is 0 Å². The molecule has 1 heteroatoms. The molecule has 1 rings (SSSR count). The van der Waals surface area contributed by atoms with Crippen molar-refractivity contribution in [1.29, 1.82) is 0 Å². The molecule has 0 aliphatic heterocycles. The summed E-state index contributed by atoms with van der Waals surface area (Å²) < 4.78 is 0. The van der Waals surface area contributed by atoms with E-state index in [4.69, 9.17) is 0 Å². The first-order chi connectivity index (χ1) is 5.43. The van der Waals surface area contributed by atoms with Gasteiger partial charge in [-0.05, 0) is 6.42 Å². The first kappa shape index (κ1) is 12.5. The summed E-state index contributed by atoms with van der Waals surface area (Å²) in [5.74, 6) is 1.50. The van der Waals surface area contributed by atoms with Crippen LogP contribution in [0, 0.1) is 5.92 Å². The van der Waals surface area contributed by atoms with E-state index in [0.717, 1.165) is 0 Å². The van der Waals surface area contributed by atoms with Crippen LogP contribution in [0.5, 0.6) is 0 Å². The molecule has 0 aromatic heterocycles. The zero-order valence-corrected chi connectivity index (χ0v) is 7.34. The van der Waals surface area contributed by atoms with Gasteiger partial charge in [-0.25, -0.2) is 0 Å². The molecule has 12 heavy (non-hydrogen) atoms. The van der Waals surface area contributed by atoms with Crippen molar-refractivity contribution in [2.24, 2.45) is 0 Å². The van der Waals surface area contributed by atoms with Gasteiger partial charge in [0.05, 0.1) is 0 Å².